The van der Waals surface area contributed by atoms with E-state index in [0.29, 0.717) is 6.54 Å². The highest BCUT2D eigenvalue weighted by Crippen LogP contribution is 2.34. The molecule has 0 aliphatic carbocycles. The monoisotopic (exact) mass is 285 g/mol. The summed E-state index contributed by atoms with van der Waals surface area (Å²) in [6.45, 7) is 2.14. The summed E-state index contributed by atoms with van der Waals surface area (Å²) in [5, 5.41) is 10.8. The highest BCUT2D eigenvalue weighted by molar-refractivity contribution is 5.93. The van der Waals surface area contributed by atoms with Gasteiger partial charge in [0.05, 0.1) is 30.4 Å². The van der Waals surface area contributed by atoms with Gasteiger partial charge in [0.2, 0.25) is 5.91 Å². The Morgan fingerprint density at radius 1 is 1.40 bits per heavy atom. The second kappa shape index (κ2) is 6.91. The highest BCUT2D eigenvalue weighted by Gasteiger charge is 2.33. The molecule has 0 aliphatic heterocycles. The van der Waals surface area contributed by atoms with Crippen molar-refractivity contribution in [3.05, 3.63) is 29.8 Å². The van der Waals surface area contributed by atoms with Crippen molar-refractivity contribution >= 4 is 11.6 Å². The Morgan fingerprint density at radius 3 is 2.60 bits per heavy atom. The van der Waals surface area contributed by atoms with Gasteiger partial charge >= 0.3 is 6.18 Å². The summed E-state index contributed by atoms with van der Waals surface area (Å²) in [5.74, 6) is -0.584. The van der Waals surface area contributed by atoms with Gasteiger partial charge in [-0.1, -0.05) is 19.1 Å². The average molecular weight is 285 g/mol. The van der Waals surface area contributed by atoms with Crippen LogP contribution in [0.3, 0.4) is 0 Å². The highest BCUT2D eigenvalue weighted by atomic mass is 19.4. The molecule has 4 nitrogen and oxygen atoms in total. The zero-order chi connectivity index (χ0) is 15.2. The minimum absolute atomic E-state index is 0.0465. The van der Waals surface area contributed by atoms with Crippen LogP contribution in [-0.4, -0.2) is 30.4 Å². The molecule has 0 aromatic heterocycles. The molecule has 0 atom stereocenters. The molecule has 0 heterocycles. The van der Waals surface area contributed by atoms with Gasteiger partial charge in [-0.15, -0.1) is 0 Å². The van der Waals surface area contributed by atoms with Crippen molar-refractivity contribution in [2.24, 2.45) is 0 Å². The topological polar surface area (TPSA) is 56.1 Å². The number of hydrogen-bond donors (Lipinski definition) is 1. The number of amides is 1. The summed E-state index contributed by atoms with van der Waals surface area (Å²) in [6, 6.07) is 6.66. The molecule has 1 rings (SSSR count). The zero-order valence-corrected chi connectivity index (χ0v) is 10.9. The van der Waals surface area contributed by atoms with Crippen LogP contribution in [0, 0.1) is 11.3 Å². The molecule has 0 saturated carbocycles. The maximum absolute atomic E-state index is 12.7. The summed E-state index contributed by atoms with van der Waals surface area (Å²) in [4.78, 5) is 13.2. The molecule has 0 unspecified atom stereocenters. The first-order valence-corrected chi connectivity index (χ1v) is 5.93. The number of hydrogen-bond acceptors (Lipinski definition) is 3. The summed E-state index contributed by atoms with van der Waals surface area (Å²) in [7, 11) is 0. The first kappa shape index (κ1) is 16.0. The van der Waals surface area contributed by atoms with Gasteiger partial charge in [0.25, 0.3) is 0 Å². The van der Waals surface area contributed by atoms with E-state index in [1.807, 2.05) is 6.07 Å². The van der Waals surface area contributed by atoms with Crippen LogP contribution in [0.1, 0.15) is 12.5 Å². The molecule has 1 aromatic carbocycles. The lowest BCUT2D eigenvalue weighted by molar-refractivity contribution is -0.137. The first-order chi connectivity index (χ1) is 9.38. The number of carbonyl (C=O) groups is 1. The number of benzene rings is 1. The lowest BCUT2D eigenvalue weighted by Crippen LogP contribution is -2.33. The quantitative estimate of drug-likeness (QED) is 0.846. The predicted molar refractivity (Wildman–Crippen MR) is 67.8 cm³/mol. The number of alkyl halides is 3. The minimum Gasteiger partial charge on any atom is -0.324 e. The van der Waals surface area contributed by atoms with E-state index < -0.39 is 17.6 Å². The van der Waals surface area contributed by atoms with Gasteiger partial charge in [0, 0.05) is 0 Å². The Bertz CT molecular complexity index is 508. The van der Waals surface area contributed by atoms with Crippen molar-refractivity contribution in [1.29, 1.82) is 5.26 Å². The number of anilines is 1. The minimum atomic E-state index is -4.53. The van der Waals surface area contributed by atoms with Crippen LogP contribution >= 0.6 is 0 Å². The Labute approximate surface area is 114 Å². The Hall–Kier alpha value is -2.07. The van der Waals surface area contributed by atoms with Crippen molar-refractivity contribution in [2.75, 3.05) is 25.0 Å². The smallest absolute Gasteiger partial charge is 0.324 e. The molecule has 0 aliphatic rings. The van der Waals surface area contributed by atoms with Crippen molar-refractivity contribution < 1.29 is 18.0 Å². The second-order valence-electron chi connectivity index (χ2n) is 4.05. The SMILES string of the molecule is CCN(CC#N)CC(=O)Nc1ccccc1C(F)(F)F. The molecular formula is C13H14F3N3O. The van der Waals surface area contributed by atoms with E-state index in [0.717, 1.165) is 6.07 Å². The van der Waals surface area contributed by atoms with Crippen LogP contribution in [0.2, 0.25) is 0 Å². The number of para-hydroxylation sites is 1. The molecule has 108 valence electrons. The number of likely N-dealkylation sites (N-methyl/N-ethyl adjacent to an activating group) is 1. The third kappa shape index (κ3) is 4.55. The van der Waals surface area contributed by atoms with Crippen LogP contribution in [0.5, 0.6) is 0 Å². The molecule has 0 radical (unpaired) electrons. The van der Waals surface area contributed by atoms with Crippen LogP contribution in [-0.2, 0) is 11.0 Å². The van der Waals surface area contributed by atoms with Crippen LogP contribution in [0.15, 0.2) is 24.3 Å². The maximum atomic E-state index is 12.7. The standard InChI is InChI=1S/C13H14F3N3O/c1-2-19(8-7-17)9-12(20)18-11-6-4-3-5-10(11)13(14,15)16/h3-6H,2,8-9H2,1H3,(H,18,20). The van der Waals surface area contributed by atoms with E-state index in [4.69, 9.17) is 5.26 Å². The second-order valence-corrected chi connectivity index (χ2v) is 4.05. The summed E-state index contributed by atoms with van der Waals surface area (Å²) in [5.41, 5.74) is -1.17. The lowest BCUT2D eigenvalue weighted by Gasteiger charge is -2.17. The molecule has 0 bridgehead atoms. The van der Waals surface area contributed by atoms with Crippen molar-refractivity contribution in [3.8, 4) is 6.07 Å². The number of carbonyl (C=O) groups excluding carboxylic acids is 1. The van der Waals surface area contributed by atoms with Gasteiger partial charge in [-0.25, -0.2) is 0 Å². The van der Waals surface area contributed by atoms with E-state index in [1.165, 1.54) is 23.1 Å². The Kier molecular flexibility index (Phi) is 5.53. The third-order valence-corrected chi connectivity index (χ3v) is 2.62. The normalized spacial score (nSPS) is 11.2. The Balaban J connectivity index is 2.79. The number of halogens is 3. The predicted octanol–water partition coefficient (Wildman–Crippen LogP) is 2.49. The fourth-order valence-corrected chi connectivity index (χ4v) is 1.61. The van der Waals surface area contributed by atoms with E-state index in [1.54, 1.807) is 6.92 Å². The number of nitriles is 1. The van der Waals surface area contributed by atoms with Gasteiger partial charge in [0.15, 0.2) is 0 Å². The summed E-state index contributed by atoms with van der Waals surface area (Å²) in [6.07, 6.45) is -4.53. The average Bonchev–Trinajstić information content (AvgIpc) is 2.37. The van der Waals surface area contributed by atoms with Gasteiger partial charge in [-0.2, -0.15) is 18.4 Å². The van der Waals surface area contributed by atoms with Crippen molar-refractivity contribution in [1.82, 2.24) is 4.90 Å². The molecule has 0 saturated heterocycles. The molecule has 0 spiro atoms. The third-order valence-electron chi connectivity index (χ3n) is 2.62. The fraction of sp³-hybridized carbons (Fsp3) is 0.385. The van der Waals surface area contributed by atoms with Gasteiger partial charge in [-0.3, -0.25) is 9.69 Å². The number of nitrogens with one attached hydrogen (secondary N) is 1. The molecule has 1 amide bonds. The fourth-order valence-electron chi connectivity index (χ4n) is 1.61. The van der Waals surface area contributed by atoms with Gasteiger partial charge in [-0.05, 0) is 18.7 Å². The van der Waals surface area contributed by atoms with Crippen LogP contribution < -0.4 is 5.32 Å². The first-order valence-electron chi connectivity index (χ1n) is 5.93. The van der Waals surface area contributed by atoms with Gasteiger partial charge < -0.3 is 5.32 Å². The van der Waals surface area contributed by atoms with Crippen LogP contribution in [0.4, 0.5) is 18.9 Å². The lowest BCUT2D eigenvalue weighted by atomic mass is 10.1. The molecule has 1 aromatic rings. The largest absolute Gasteiger partial charge is 0.418 e. The van der Waals surface area contributed by atoms with Gasteiger partial charge in [0.1, 0.15) is 0 Å². The summed E-state index contributed by atoms with van der Waals surface area (Å²) >= 11 is 0. The molecule has 1 N–H and O–H groups in total. The van der Waals surface area contributed by atoms with Crippen molar-refractivity contribution in [3.63, 3.8) is 0 Å². The maximum Gasteiger partial charge on any atom is 0.418 e. The van der Waals surface area contributed by atoms with E-state index >= 15 is 0 Å². The van der Waals surface area contributed by atoms with Crippen molar-refractivity contribution in [2.45, 2.75) is 13.1 Å². The van der Waals surface area contributed by atoms with E-state index in [-0.39, 0.29) is 18.8 Å². The molecule has 7 heteroatoms. The summed E-state index contributed by atoms with van der Waals surface area (Å²) < 4.78 is 38.2. The number of nitrogens with zero attached hydrogens (tertiary/aromatic N) is 2. The van der Waals surface area contributed by atoms with E-state index in [9.17, 15) is 18.0 Å². The molecule has 20 heavy (non-hydrogen) atoms. The zero-order valence-electron chi connectivity index (χ0n) is 10.9. The molecule has 0 fully saturated rings. The molecular weight excluding hydrogens is 271 g/mol. The number of rotatable bonds is 5. The van der Waals surface area contributed by atoms with Crippen LogP contribution in [0.25, 0.3) is 0 Å². The Morgan fingerprint density at radius 2 is 2.05 bits per heavy atom. The van der Waals surface area contributed by atoms with E-state index in [2.05, 4.69) is 5.32 Å².